The van der Waals surface area contributed by atoms with Crippen molar-refractivity contribution in [3.63, 3.8) is 0 Å². The second-order valence-corrected chi connectivity index (χ2v) is 6.15. The number of hydrogen-bond acceptors (Lipinski definition) is 5. The van der Waals surface area contributed by atoms with Crippen LogP contribution in [-0.4, -0.2) is 38.0 Å². The molecule has 0 aromatic heterocycles. The van der Waals surface area contributed by atoms with E-state index in [1.807, 2.05) is 24.0 Å². The first kappa shape index (κ1) is 17.8. The predicted octanol–water partition coefficient (Wildman–Crippen LogP) is 3.12. The average molecular weight is 354 g/mol. The summed E-state index contributed by atoms with van der Waals surface area (Å²) in [5.41, 5.74) is 1.97. The van der Waals surface area contributed by atoms with Crippen molar-refractivity contribution in [1.29, 1.82) is 0 Å². The third-order valence-corrected chi connectivity index (χ3v) is 4.48. The summed E-state index contributed by atoms with van der Waals surface area (Å²) in [5, 5.41) is 2.91. The highest BCUT2D eigenvalue weighted by Gasteiger charge is 2.28. The third-order valence-electron chi connectivity index (χ3n) is 4.48. The van der Waals surface area contributed by atoms with E-state index in [2.05, 4.69) is 5.32 Å². The van der Waals surface area contributed by atoms with Gasteiger partial charge in [0.25, 0.3) is 0 Å². The van der Waals surface area contributed by atoms with Crippen LogP contribution in [0.25, 0.3) is 0 Å². The van der Waals surface area contributed by atoms with Crippen molar-refractivity contribution in [3.05, 3.63) is 48.0 Å². The van der Waals surface area contributed by atoms with Gasteiger partial charge in [0.1, 0.15) is 24.1 Å². The van der Waals surface area contributed by atoms with Crippen LogP contribution in [0.3, 0.4) is 0 Å². The molecule has 0 radical (unpaired) electrons. The number of carbonyl (C=O) groups is 2. The number of para-hydroxylation sites is 2. The van der Waals surface area contributed by atoms with E-state index in [9.17, 15) is 9.59 Å². The van der Waals surface area contributed by atoms with Crippen molar-refractivity contribution < 1.29 is 19.1 Å². The van der Waals surface area contributed by atoms with E-state index in [1.165, 1.54) is 6.92 Å². The maximum atomic E-state index is 12.8. The van der Waals surface area contributed by atoms with Gasteiger partial charge < -0.3 is 19.7 Å². The molecule has 0 spiro atoms. The molecule has 136 valence electrons. The average Bonchev–Trinajstić information content (AvgIpc) is 2.66. The summed E-state index contributed by atoms with van der Waals surface area (Å²) in [6, 6.07) is 12.1. The Balaban J connectivity index is 1.84. The largest absolute Gasteiger partial charge is 0.495 e. The first-order valence-electron chi connectivity index (χ1n) is 8.49. The number of Topliss-reactive ketones (excluding diaryl/α,β-unsaturated/α-hetero) is 1. The molecule has 2 aromatic carbocycles. The van der Waals surface area contributed by atoms with Crippen LogP contribution >= 0.6 is 0 Å². The monoisotopic (exact) mass is 354 g/mol. The zero-order valence-electron chi connectivity index (χ0n) is 15.1. The summed E-state index contributed by atoms with van der Waals surface area (Å²) < 4.78 is 11.0. The molecule has 1 N–H and O–H groups in total. The van der Waals surface area contributed by atoms with Crippen molar-refractivity contribution in [1.82, 2.24) is 0 Å². The van der Waals surface area contributed by atoms with Crippen LogP contribution in [0.1, 0.15) is 24.2 Å². The lowest BCUT2D eigenvalue weighted by Crippen LogP contribution is -2.46. The number of nitrogens with one attached hydrogen (secondary N) is 1. The number of methoxy groups -OCH3 is 1. The normalized spacial score (nSPS) is 14.0. The fourth-order valence-corrected chi connectivity index (χ4v) is 2.99. The summed E-state index contributed by atoms with van der Waals surface area (Å²) in [5.74, 6) is 1.10. The molecule has 1 unspecified atom stereocenters. The van der Waals surface area contributed by atoms with Crippen LogP contribution in [0, 0.1) is 0 Å². The number of fused-ring (bicyclic) bond motifs is 1. The Morgan fingerprint density at radius 1 is 1.23 bits per heavy atom. The van der Waals surface area contributed by atoms with Gasteiger partial charge in [-0.3, -0.25) is 9.59 Å². The topological polar surface area (TPSA) is 67.9 Å². The van der Waals surface area contributed by atoms with E-state index < -0.39 is 6.04 Å². The molecule has 6 heteroatoms. The number of ether oxygens (including phenoxy) is 2. The zero-order chi connectivity index (χ0) is 18.7. The van der Waals surface area contributed by atoms with E-state index >= 15 is 0 Å². The fourth-order valence-electron chi connectivity index (χ4n) is 2.99. The molecular formula is C20H22N2O4. The van der Waals surface area contributed by atoms with Gasteiger partial charge in [-0.05, 0) is 44.2 Å². The van der Waals surface area contributed by atoms with E-state index in [0.717, 1.165) is 5.69 Å². The highest BCUT2D eigenvalue weighted by Crippen LogP contribution is 2.34. The van der Waals surface area contributed by atoms with Gasteiger partial charge >= 0.3 is 0 Å². The molecule has 1 aliphatic heterocycles. The molecule has 0 bridgehead atoms. The Morgan fingerprint density at radius 3 is 2.73 bits per heavy atom. The Hall–Kier alpha value is -3.02. The summed E-state index contributed by atoms with van der Waals surface area (Å²) in [4.78, 5) is 26.4. The standard InChI is InChI=1S/C20H22N2O4/c1-13(20(24)21-16-6-4-5-7-18(16)25-3)22-10-11-26-19-9-8-15(14(2)23)12-17(19)22/h4-9,12-13H,10-11H2,1-3H3,(H,21,24). The van der Waals surface area contributed by atoms with Gasteiger partial charge in [-0.15, -0.1) is 0 Å². The molecule has 1 aliphatic rings. The van der Waals surface area contributed by atoms with Crippen LogP contribution in [0.15, 0.2) is 42.5 Å². The van der Waals surface area contributed by atoms with Gasteiger partial charge in [-0.2, -0.15) is 0 Å². The fraction of sp³-hybridized carbons (Fsp3) is 0.300. The molecule has 3 rings (SSSR count). The minimum atomic E-state index is -0.440. The van der Waals surface area contributed by atoms with Crippen LogP contribution < -0.4 is 19.7 Å². The summed E-state index contributed by atoms with van der Waals surface area (Å²) >= 11 is 0. The van der Waals surface area contributed by atoms with E-state index in [0.29, 0.717) is 35.9 Å². The summed E-state index contributed by atoms with van der Waals surface area (Å²) in [6.45, 7) is 4.40. The third kappa shape index (κ3) is 3.49. The lowest BCUT2D eigenvalue weighted by atomic mass is 10.1. The molecule has 0 saturated heterocycles. The van der Waals surface area contributed by atoms with E-state index in [1.54, 1.807) is 37.4 Å². The summed E-state index contributed by atoms with van der Waals surface area (Å²) in [6.07, 6.45) is 0. The van der Waals surface area contributed by atoms with Gasteiger partial charge in [0.15, 0.2) is 5.78 Å². The second kappa shape index (κ2) is 7.47. The Kier molecular flexibility index (Phi) is 5.11. The molecule has 0 aliphatic carbocycles. The number of nitrogens with zero attached hydrogens (tertiary/aromatic N) is 1. The Morgan fingerprint density at radius 2 is 2.00 bits per heavy atom. The minimum absolute atomic E-state index is 0.0237. The molecule has 2 aromatic rings. The van der Waals surface area contributed by atoms with Gasteiger partial charge in [0.05, 0.1) is 25.0 Å². The van der Waals surface area contributed by atoms with Gasteiger partial charge in [0, 0.05) is 5.56 Å². The number of ketones is 1. The number of carbonyl (C=O) groups excluding carboxylic acids is 2. The Labute approximate surface area is 152 Å². The number of anilines is 2. The van der Waals surface area contributed by atoms with Crippen LogP contribution in [0.5, 0.6) is 11.5 Å². The van der Waals surface area contributed by atoms with Crippen molar-refractivity contribution in [3.8, 4) is 11.5 Å². The van der Waals surface area contributed by atoms with E-state index in [-0.39, 0.29) is 11.7 Å². The number of hydrogen-bond donors (Lipinski definition) is 1. The van der Waals surface area contributed by atoms with Crippen molar-refractivity contribution >= 4 is 23.1 Å². The first-order chi connectivity index (χ1) is 12.5. The number of amides is 1. The Bertz CT molecular complexity index is 834. The van der Waals surface area contributed by atoms with Crippen molar-refractivity contribution in [2.24, 2.45) is 0 Å². The lowest BCUT2D eigenvalue weighted by Gasteiger charge is -2.35. The molecule has 26 heavy (non-hydrogen) atoms. The molecule has 1 amide bonds. The molecule has 1 atom stereocenters. The second-order valence-electron chi connectivity index (χ2n) is 6.15. The van der Waals surface area contributed by atoms with Crippen LogP contribution in [-0.2, 0) is 4.79 Å². The maximum absolute atomic E-state index is 12.8. The van der Waals surface area contributed by atoms with Crippen molar-refractivity contribution in [2.75, 3.05) is 30.5 Å². The smallest absolute Gasteiger partial charge is 0.246 e. The zero-order valence-corrected chi connectivity index (χ0v) is 15.1. The predicted molar refractivity (Wildman–Crippen MR) is 100 cm³/mol. The van der Waals surface area contributed by atoms with Crippen LogP contribution in [0.2, 0.25) is 0 Å². The number of benzene rings is 2. The molecule has 6 nitrogen and oxygen atoms in total. The van der Waals surface area contributed by atoms with Crippen LogP contribution in [0.4, 0.5) is 11.4 Å². The molecule has 0 fully saturated rings. The SMILES string of the molecule is COc1ccccc1NC(=O)C(C)N1CCOc2ccc(C(C)=O)cc21. The maximum Gasteiger partial charge on any atom is 0.246 e. The minimum Gasteiger partial charge on any atom is -0.495 e. The van der Waals surface area contributed by atoms with E-state index in [4.69, 9.17) is 9.47 Å². The van der Waals surface area contributed by atoms with Crippen molar-refractivity contribution in [2.45, 2.75) is 19.9 Å². The summed E-state index contributed by atoms with van der Waals surface area (Å²) in [7, 11) is 1.57. The first-order valence-corrected chi connectivity index (χ1v) is 8.49. The molecular weight excluding hydrogens is 332 g/mol. The highest BCUT2D eigenvalue weighted by molar-refractivity contribution is 5.99. The molecule has 1 heterocycles. The van der Waals surface area contributed by atoms with Gasteiger partial charge in [0.2, 0.25) is 5.91 Å². The lowest BCUT2D eigenvalue weighted by molar-refractivity contribution is -0.117. The molecule has 0 saturated carbocycles. The van der Waals surface area contributed by atoms with Gasteiger partial charge in [-0.25, -0.2) is 0 Å². The number of rotatable bonds is 5. The highest BCUT2D eigenvalue weighted by atomic mass is 16.5. The quantitative estimate of drug-likeness (QED) is 0.836. The van der Waals surface area contributed by atoms with Gasteiger partial charge in [-0.1, -0.05) is 12.1 Å².